The lowest BCUT2D eigenvalue weighted by atomic mass is 9.45. The molecule has 2 fully saturated rings. The lowest BCUT2D eigenvalue weighted by molar-refractivity contribution is -0.181. The summed E-state index contributed by atoms with van der Waals surface area (Å²) in [6, 6.07) is 0. The van der Waals surface area contributed by atoms with Crippen LogP contribution in [-0.2, 0) is 4.74 Å². The Morgan fingerprint density at radius 1 is 1.05 bits per heavy atom. The van der Waals surface area contributed by atoms with Crippen LogP contribution < -0.4 is 0 Å². The summed E-state index contributed by atoms with van der Waals surface area (Å²) >= 11 is 0. The summed E-state index contributed by atoms with van der Waals surface area (Å²) in [5.41, 5.74) is 1.09. The fourth-order valence-corrected chi connectivity index (χ4v) is 5.94. The maximum absolute atomic E-state index is 6.32. The molecule has 1 heterocycles. The van der Waals surface area contributed by atoms with Gasteiger partial charge in [-0.1, -0.05) is 27.2 Å². The summed E-state index contributed by atoms with van der Waals surface area (Å²) in [6.07, 6.45) is 10.4. The van der Waals surface area contributed by atoms with Gasteiger partial charge in [-0.05, 0) is 68.8 Å². The Morgan fingerprint density at radius 3 is 2.53 bits per heavy atom. The second-order valence-electron chi connectivity index (χ2n) is 8.46. The maximum atomic E-state index is 6.32. The molecule has 0 aromatic heterocycles. The van der Waals surface area contributed by atoms with Gasteiger partial charge in [0.1, 0.15) is 5.60 Å². The van der Waals surface area contributed by atoms with Gasteiger partial charge in [0.2, 0.25) is 0 Å². The maximum Gasteiger partial charge on any atom is 0.109 e. The van der Waals surface area contributed by atoms with Gasteiger partial charge < -0.3 is 4.74 Å². The van der Waals surface area contributed by atoms with E-state index in [4.69, 9.17) is 4.74 Å². The van der Waals surface area contributed by atoms with Crippen molar-refractivity contribution in [1.29, 1.82) is 0 Å². The molecule has 3 aliphatic rings. The molecule has 0 saturated heterocycles. The van der Waals surface area contributed by atoms with Crippen LogP contribution >= 0.6 is 0 Å². The van der Waals surface area contributed by atoms with E-state index in [9.17, 15) is 0 Å². The number of ether oxygens (including phenoxy) is 1. The highest BCUT2D eigenvalue weighted by atomic mass is 16.5. The van der Waals surface area contributed by atoms with Crippen LogP contribution in [0.3, 0.4) is 0 Å². The quantitative estimate of drug-likeness (QED) is 0.574. The first-order chi connectivity index (χ1) is 8.78. The fraction of sp³-hybridized carbons (Fsp3) is 0.889. The molecule has 1 unspecified atom stereocenters. The molecule has 0 aromatic carbocycles. The average molecular weight is 262 g/mol. The number of hydrogen-bond acceptors (Lipinski definition) is 1. The molecule has 4 atom stereocenters. The van der Waals surface area contributed by atoms with Crippen LogP contribution in [-0.4, -0.2) is 5.60 Å². The highest BCUT2D eigenvalue weighted by molar-refractivity contribution is 5.13. The predicted molar refractivity (Wildman–Crippen MR) is 79.8 cm³/mol. The Kier molecular flexibility index (Phi) is 2.86. The summed E-state index contributed by atoms with van der Waals surface area (Å²) in [5.74, 6) is 2.74. The monoisotopic (exact) mass is 262 g/mol. The van der Waals surface area contributed by atoms with Gasteiger partial charge in [-0.3, -0.25) is 0 Å². The Balaban J connectivity index is 1.99. The van der Waals surface area contributed by atoms with E-state index in [2.05, 4.69) is 40.7 Å². The van der Waals surface area contributed by atoms with Crippen LogP contribution in [0.2, 0.25) is 0 Å². The van der Waals surface area contributed by atoms with E-state index < -0.39 is 0 Å². The van der Waals surface area contributed by atoms with Crippen molar-refractivity contribution in [1.82, 2.24) is 0 Å². The fourth-order valence-electron chi connectivity index (χ4n) is 5.94. The van der Waals surface area contributed by atoms with E-state index in [1.165, 1.54) is 38.5 Å². The van der Waals surface area contributed by atoms with Crippen molar-refractivity contribution < 1.29 is 4.74 Å². The first-order valence-corrected chi connectivity index (χ1v) is 8.14. The Bertz CT molecular complexity index is 408. The van der Waals surface area contributed by atoms with Crippen molar-refractivity contribution in [3.8, 4) is 0 Å². The normalized spacial score (nSPS) is 48.6. The van der Waals surface area contributed by atoms with Crippen LogP contribution in [0.25, 0.3) is 0 Å². The third-order valence-electron chi connectivity index (χ3n) is 6.77. The first-order valence-electron chi connectivity index (χ1n) is 8.14. The van der Waals surface area contributed by atoms with Crippen molar-refractivity contribution in [3.63, 3.8) is 0 Å². The largest absolute Gasteiger partial charge is 0.492 e. The van der Waals surface area contributed by atoms with E-state index in [0.717, 1.165) is 11.7 Å². The van der Waals surface area contributed by atoms with Crippen molar-refractivity contribution in [2.24, 2.45) is 22.7 Å². The van der Waals surface area contributed by atoms with Crippen LogP contribution in [0.5, 0.6) is 0 Å². The number of rotatable bonds is 0. The Labute approximate surface area is 118 Å². The minimum atomic E-state index is 0.0947. The predicted octanol–water partition coefficient (Wildman–Crippen LogP) is 5.31. The highest BCUT2D eigenvalue weighted by Crippen LogP contribution is 2.64. The number of hydrogen-bond donors (Lipinski definition) is 0. The molecule has 1 nitrogen and oxygen atoms in total. The molecule has 0 spiro atoms. The topological polar surface area (TPSA) is 9.23 Å². The smallest absolute Gasteiger partial charge is 0.109 e. The molecule has 19 heavy (non-hydrogen) atoms. The number of allylic oxidation sites excluding steroid dienone is 2. The summed E-state index contributed by atoms with van der Waals surface area (Å²) in [7, 11) is 0. The standard InChI is InChI=1S/C18H30O/c1-13-7-8-15-17(4)11-6-10-16(2,3)14(17)9-12-18(15,5)19-13/h7,14-15H,6,8-12H2,1-5H3/t14-,15+,17-,18?/m0/s1. The summed E-state index contributed by atoms with van der Waals surface area (Å²) in [4.78, 5) is 0. The summed E-state index contributed by atoms with van der Waals surface area (Å²) in [5, 5.41) is 0. The van der Waals surface area contributed by atoms with Gasteiger partial charge in [-0.2, -0.15) is 0 Å². The van der Waals surface area contributed by atoms with Gasteiger partial charge in [0.25, 0.3) is 0 Å². The molecule has 0 N–H and O–H groups in total. The van der Waals surface area contributed by atoms with Crippen LogP contribution in [0.1, 0.15) is 73.1 Å². The van der Waals surface area contributed by atoms with Gasteiger partial charge in [-0.15, -0.1) is 0 Å². The minimum absolute atomic E-state index is 0.0947. The third-order valence-corrected chi connectivity index (χ3v) is 6.77. The second kappa shape index (κ2) is 4.02. The van der Waals surface area contributed by atoms with E-state index in [1.807, 2.05) is 0 Å². The zero-order valence-corrected chi connectivity index (χ0v) is 13.4. The SMILES string of the molecule is CC1=CC[C@H]2C(C)(CC[C@H]3C(C)(C)CCC[C@@]32C)O1. The molecule has 2 saturated carbocycles. The lowest BCUT2D eigenvalue weighted by Crippen LogP contribution is -2.58. The van der Waals surface area contributed by atoms with Crippen molar-refractivity contribution >= 4 is 0 Å². The van der Waals surface area contributed by atoms with Gasteiger partial charge in [0.05, 0.1) is 5.76 Å². The summed E-state index contributed by atoms with van der Waals surface area (Å²) < 4.78 is 6.32. The highest BCUT2D eigenvalue weighted by Gasteiger charge is 2.59. The van der Waals surface area contributed by atoms with Crippen LogP contribution in [0.4, 0.5) is 0 Å². The average Bonchev–Trinajstić information content (AvgIpc) is 2.25. The third kappa shape index (κ3) is 1.87. The van der Waals surface area contributed by atoms with Crippen molar-refractivity contribution in [3.05, 3.63) is 11.8 Å². The second-order valence-corrected chi connectivity index (χ2v) is 8.46. The van der Waals surface area contributed by atoms with E-state index >= 15 is 0 Å². The molecule has 3 rings (SSSR count). The molecule has 1 heteroatoms. The summed E-state index contributed by atoms with van der Waals surface area (Å²) in [6.45, 7) is 12.1. The lowest BCUT2D eigenvalue weighted by Gasteiger charge is -2.62. The molecule has 0 radical (unpaired) electrons. The van der Waals surface area contributed by atoms with E-state index in [0.29, 0.717) is 16.7 Å². The van der Waals surface area contributed by atoms with E-state index in [-0.39, 0.29) is 5.60 Å². The van der Waals surface area contributed by atoms with Crippen LogP contribution in [0, 0.1) is 22.7 Å². The molecule has 2 aliphatic carbocycles. The molecule has 0 aromatic rings. The van der Waals surface area contributed by atoms with E-state index in [1.54, 1.807) is 0 Å². The minimum Gasteiger partial charge on any atom is -0.492 e. The van der Waals surface area contributed by atoms with Crippen molar-refractivity contribution in [2.45, 2.75) is 78.7 Å². The van der Waals surface area contributed by atoms with Gasteiger partial charge >= 0.3 is 0 Å². The molecule has 0 amide bonds. The van der Waals surface area contributed by atoms with Gasteiger partial charge in [0.15, 0.2) is 0 Å². The number of fused-ring (bicyclic) bond motifs is 3. The molecule has 0 bridgehead atoms. The molecular formula is C18H30O. The first kappa shape index (κ1) is 13.5. The Morgan fingerprint density at radius 2 is 1.79 bits per heavy atom. The van der Waals surface area contributed by atoms with Gasteiger partial charge in [-0.25, -0.2) is 0 Å². The van der Waals surface area contributed by atoms with Crippen LogP contribution in [0.15, 0.2) is 11.8 Å². The van der Waals surface area contributed by atoms with Gasteiger partial charge in [0, 0.05) is 5.92 Å². The zero-order valence-electron chi connectivity index (χ0n) is 13.4. The van der Waals surface area contributed by atoms with Crippen molar-refractivity contribution in [2.75, 3.05) is 0 Å². The Hall–Kier alpha value is -0.460. The molecule has 108 valence electrons. The molecular weight excluding hydrogens is 232 g/mol. The molecule has 1 aliphatic heterocycles. The zero-order chi connectivity index (χ0) is 13.9.